The molecule has 2 saturated heterocycles. The van der Waals surface area contributed by atoms with Crippen LogP contribution in [0.4, 0.5) is 11.4 Å². The SMILES string of the molecule is O=C1CN2Cc3ccc(N4CCOCC4)cc3N=C2N1. The third kappa shape index (κ3) is 1.92. The summed E-state index contributed by atoms with van der Waals surface area (Å²) in [6, 6.07) is 6.36. The van der Waals surface area contributed by atoms with Gasteiger partial charge in [-0.2, -0.15) is 0 Å². The van der Waals surface area contributed by atoms with Gasteiger partial charge in [0.25, 0.3) is 0 Å². The Morgan fingerprint density at radius 3 is 2.85 bits per heavy atom. The number of nitrogens with one attached hydrogen (secondary N) is 1. The van der Waals surface area contributed by atoms with Crippen molar-refractivity contribution in [2.45, 2.75) is 6.54 Å². The molecule has 0 atom stereocenters. The zero-order valence-corrected chi connectivity index (χ0v) is 11.1. The average molecular weight is 272 g/mol. The van der Waals surface area contributed by atoms with Crippen LogP contribution in [0.25, 0.3) is 0 Å². The van der Waals surface area contributed by atoms with Crippen molar-refractivity contribution < 1.29 is 9.53 Å². The van der Waals surface area contributed by atoms with Crippen LogP contribution in [0, 0.1) is 0 Å². The van der Waals surface area contributed by atoms with E-state index in [0.717, 1.165) is 38.5 Å². The number of rotatable bonds is 1. The number of anilines is 1. The van der Waals surface area contributed by atoms with Crippen LogP contribution in [0.3, 0.4) is 0 Å². The second-order valence-corrected chi connectivity index (χ2v) is 5.25. The van der Waals surface area contributed by atoms with Gasteiger partial charge in [-0.1, -0.05) is 6.07 Å². The zero-order valence-electron chi connectivity index (χ0n) is 11.1. The van der Waals surface area contributed by atoms with Gasteiger partial charge in [0.15, 0.2) is 0 Å². The number of nitrogens with zero attached hydrogens (tertiary/aromatic N) is 3. The minimum Gasteiger partial charge on any atom is -0.378 e. The number of fused-ring (bicyclic) bond motifs is 2. The fraction of sp³-hybridized carbons (Fsp3) is 0.429. The molecule has 4 rings (SSSR count). The molecule has 0 bridgehead atoms. The van der Waals surface area contributed by atoms with Gasteiger partial charge in [-0.05, 0) is 17.7 Å². The predicted octanol–water partition coefficient (Wildman–Crippen LogP) is 0.456. The topological polar surface area (TPSA) is 57.2 Å². The van der Waals surface area contributed by atoms with Crippen molar-refractivity contribution in [3.63, 3.8) is 0 Å². The van der Waals surface area contributed by atoms with Crippen molar-refractivity contribution in [3.05, 3.63) is 23.8 Å². The number of aliphatic imine (C=N–C) groups is 1. The minimum absolute atomic E-state index is 0.0185. The summed E-state index contributed by atoms with van der Waals surface area (Å²) in [5.74, 6) is 0.701. The Balaban J connectivity index is 1.65. The lowest BCUT2D eigenvalue weighted by atomic mass is 10.1. The Kier molecular flexibility index (Phi) is 2.63. The monoisotopic (exact) mass is 272 g/mol. The molecule has 0 aromatic heterocycles. The Hall–Kier alpha value is -2.08. The normalized spacial score (nSPS) is 21.2. The lowest BCUT2D eigenvalue weighted by Gasteiger charge is -2.30. The van der Waals surface area contributed by atoms with Crippen LogP contribution in [0.15, 0.2) is 23.2 Å². The van der Waals surface area contributed by atoms with Gasteiger partial charge in [-0.25, -0.2) is 4.99 Å². The molecule has 2 fully saturated rings. The van der Waals surface area contributed by atoms with Gasteiger partial charge in [-0.3, -0.25) is 10.1 Å². The Morgan fingerprint density at radius 1 is 1.15 bits per heavy atom. The van der Waals surface area contributed by atoms with E-state index < -0.39 is 0 Å². The van der Waals surface area contributed by atoms with E-state index in [2.05, 4.69) is 33.4 Å². The number of amides is 1. The molecule has 104 valence electrons. The molecule has 0 aliphatic carbocycles. The predicted molar refractivity (Wildman–Crippen MR) is 75.1 cm³/mol. The number of hydrogen-bond acceptors (Lipinski definition) is 5. The molecule has 6 heteroatoms. The second kappa shape index (κ2) is 4.49. The first-order valence-electron chi connectivity index (χ1n) is 6.89. The highest BCUT2D eigenvalue weighted by Gasteiger charge is 2.29. The van der Waals surface area contributed by atoms with Crippen LogP contribution in [0.5, 0.6) is 0 Å². The standard InChI is InChI=1S/C14H16N4O2/c19-13-9-18-8-10-1-2-11(17-3-5-20-6-4-17)7-12(10)15-14(18)16-13/h1-2,7H,3-6,8-9H2,(H,15,16,19). The molecule has 6 nitrogen and oxygen atoms in total. The maximum Gasteiger partial charge on any atom is 0.246 e. The third-order valence-corrected chi connectivity index (χ3v) is 3.92. The molecule has 3 aliphatic heterocycles. The fourth-order valence-corrected chi connectivity index (χ4v) is 2.85. The lowest BCUT2D eigenvalue weighted by molar-refractivity contribution is -0.118. The van der Waals surface area contributed by atoms with Crippen molar-refractivity contribution in [2.24, 2.45) is 4.99 Å². The van der Waals surface area contributed by atoms with Gasteiger partial charge < -0.3 is 14.5 Å². The molecule has 20 heavy (non-hydrogen) atoms. The lowest BCUT2D eigenvalue weighted by Crippen LogP contribution is -2.36. The Morgan fingerprint density at radius 2 is 2.00 bits per heavy atom. The van der Waals surface area contributed by atoms with Gasteiger partial charge in [-0.15, -0.1) is 0 Å². The van der Waals surface area contributed by atoms with Crippen LogP contribution < -0.4 is 10.2 Å². The van der Waals surface area contributed by atoms with Crippen molar-refractivity contribution in [1.29, 1.82) is 0 Å². The van der Waals surface area contributed by atoms with Crippen LogP contribution in [0.2, 0.25) is 0 Å². The van der Waals surface area contributed by atoms with E-state index in [1.165, 1.54) is 11.3 Å². The largest absolute Gasteiger partial charge is 0.378 e. The highest BCUT2D eigenvalue weighted by molar-refractivity contribution is 6.05. The number of benzene rings is 1. The maximum atomic E-state index is 11.4. The van der Waals surface area contributed by atoms with Crippen molar-refractivity contribution in [2.75, 3.05) is 37.7 Å². The van der Waals surface area contributed by atoms with E-state index in [0.29, 0.717) is 12.5 Å². The van der Waals surface area contributed by atoms with Gasteiger partial charge in [0.1, 0.15) is 6.54 Å². The summed E-state index contributed by atoms with van der Waals surface area (Å²) in [5.41, 5.74) is 3.30. The molecule has 0 spiro atoms. The van der Waals surface area contributed by atoms with Crippen molar-refractivity contribution in [3.8, 4) is 0 Å². The number of guanidine groups is 1. The van der Waals surface area contributed by atoms with E-state index in [9.17, 15) is 4.79 Å². The van der Waals surface area contributed by atoms with Gasteiger partial charge in [0, 0.05) is 25.3 Å². The smallest absolute Gasteiger partial charge is 0.246 e. The number of carbonyl (C=O) groups excluding carboxylic acids is 1. The first-order chi connectivity index (χ1) is 9.79. The molecule has 3 heterocycles. The van der Waals surface area contributed by atoms with Crippen molar-refractivity contribution >= 4 is 23.2 Å². The molecular weight excluding hydrogens is 256 g/mol. The fourth-order valence-electron chi connectivity index (χ4n) is 2.85. The summed E-state index contributed by atoms with van der Waals surface area (Å²) >= 11 is 0. The quantitative estimate of drug-likeness (QED) is 0.807. The summed E-state index contributed by atoms with van der Waals surface area (Å²) in [4.78, 5) is 20.3. The van der Waals surface area contributed by atoms with E-state index in [-0.39, 0.29) is 5.91 Å². The number of ether oxygens (including phenoxy) is 1. The van der Waals surface area contributed by atoms with E-state index in [4.69, 9.17) is 4.74 Å². The van der Waals surface area contributed by atoms with Gasteiger partial charge in [0.2, 0.25) is 11.9 Å². The molecular formula is C14H16N4O2. The molecule has 1 amide bonds. The first kappa shape index (κ1) is 11.7. The third-order valence-electron chi connectivity index (χ3n) is 3.92. The molecule has 0 saturated carbocycles. The number of morpholine rings is 1. The van der Waals surface area contributed by atoms with Gasteiger partial charge >= 0.3 is 0 Å². The minimum atomic E-state index is 0.0185. The second-order valence-electron chi connectivity index (χ2n) is 5.25. The summed E-state index contributed by atoms with van der Waals surface area (Å²) in [6.07, 6.45) is 0. The average Bonchev–Trinajstić information content (AvgIpc) is 2.84. The molecule has 1 aromatic carbocycles. The van der Waals surface area contributed by atoms with Crippen molar-refractivity contribution in [1.82, 2.24) is 10.2 Å². The molecule has 1 aromatic rings. The summed E-state index contributed by atoms with van der Waals surface area (Å²) in [6.45, 7) is 4.53. The molecule has 0 radical (unpaired) electrons. The van der Waals surface area contributed by atoms with Crippen LogP contribution in [-0.2, 0) is 16.1 Å². The molecule has 1 N–H and O–H groups in total. The molecule has 0 unspecified atom stereocenters. The van der Waals surface area contributed by atoms with E-state index in [1.807, 2.05) is 4.90 Å². The first-order valence-corrected chi connectivity index (χ1v) is 6.89. The van der Waals surface area contributed by atoms with E-state index in [1.54, 1.807) is 0 Å². The Bertz CT molecular complexity index is 593. The number of carbonyl (C=O) groups is 1. The van der Waals surface area contributed by atoms with Gasteiger partial charge in [0.05, 0.1) is 18.9 Å². The van der Waals surface area contributed by atoms with Crippen LogP contribution >= 0.6 is 0 Å². The highest BCUT2D eigenvalue weighted by Crippen LogP contribution is 2.31. The van der Waals surface area contributed by atoms with E-state index >= 15 is 0 Å². The zero-order chi connectivity index (χ0) is 13.5. The van der Waals surface area contributed by atoms with Crippen LogP contribution in [-0.4, -0.2) is 49.6 Å². The highest BCUT2D eigenvalue weighted by atomic mass is 16.5. The number of hydrogen-bond donors (Lipinski definition) is 1. The Labute approximate surface area is 117 Å². The molecule has 3 aliphatic rings. The summed E-state index contributed by atoms with van der Waals surface area (Å²) in [7, 11) is 0. The summed E-state index contributed by atoms with van der Waals surface area (Å²) < 4.78 is 5.38. The van der Waals surface area contributed by atoms with Crippen LogP contribution in [0.1, 0.15) is 5.56 Å². The maximum absolute atomic E-state index is 11.4. The summed E-state index contributed by atoms with van der Waals surface area (Å²) in [5, 5.41) is 2.80.